The first-order chi connectivity index (χ1) is 7.54. The molecule has 1 amide bonds. The average Bonchev–Trinajstić information content (AvgIpc) is 2.50. The molecule has 1 aromatic rings. The van der Waals surface area contributed by atoms with Gasteiger partial charge in [-0.05, 0) is 6.07 Å². The van der Waals surface area contributed by atoms with Gasteiger partial charge in [-0.2, -0.15) is 0 Å². The zero-order valence-electron chi connectivity index (χ0n) is 9.45. The summed E-state index contributed by atoms with van der Waals surface area (Å²) in [5.41, 5.74) is -0.102. The van der Waals surface area contributed by atoms with Gasteiger partial charge in [0.15, 0.2) is 5.60 Å². The van der Waals surface area contributed by atoms with Gasteiger partial charge in [0.25, 0.3) is 5.91 Å². The lowest BCUT2D eigenvalue weighted by Gasteiger charge is -2.22. The summed E-state index contributed by atoms with van der Waals surface area (Å²) in [7, 11) is 0. The number of carbonyl (C=O) groups is 1. The number of carbonyl (C=O) groups excluding carboxylic acids is 1. The van der Waals surface area contributed by atoms with E-state index in [0.29, 0.717) is 11.3 Å². The number of rotatable bonds is 3. The van der Waals surface area contributed by atoms with Gasteiger partial charge in [0.1, 0.15) is 0 Å². The molecule has 0 radical (unpaired) electrons. The van der Waals surface area contributed by atoms with Crippen molar-refractivity contribution in [2.75, 3.05) is 11.9 Å². The highest BCUT2D eigenvalue weighted by atomic mass is 16.3. The van der Waals surface area contributed by atoms with Crippen LogP contribution >= 0.6 is 0 Å². The van der Waals surface area contributed by atoms with E-state index in [4.69, 9.17) is 0 Å². The minimum atomic E-state index is -1.44. The third-order valence-corrected chi connectivity index (χ3v) is 2.76. The Morgan fingerprint density at radius 3 is 2.81 bits per heavy atom. The molecule has 1 aromatic carbocycles. The summed E-state index contributed by atoms with van der Waals surface area (Å²) in [6.45, 7) is 4.18. The molecule has 16 heavy (non-hydrogen) atoms. The third-order valence-electron chi connectivity index (χ3n) is 2.76. The molecular formula is C12H16N2O2. The third kappa shape index (κ3) is 1.70. The van der Waals surface area contributed by atoms with Crippen LogP contribution in [0.4, 0.5) is 5.69 Å². The van der Waals surface area contributed by atoms with E-state index in [1.54, 1.807) is 12.1 Å². The fourth-order valence-corrected chi connectivity index (χ4v) is 1.83. The van der Waals surface area contributed by atoms with Crippen molar-refractivity contribution in [2.45, 2.75) is 25.5 Å². The van der Waals surface area contributed by atoms with Crippen LogP contribution in [-0.2, 0) is 10.4 Å². The Kier molecular flexibility index (Phi) is 2.69. The number of nitrogens with one attached hydrogen (secondary N) is 2. The molecule has 0 aliphatic carbocycles. The Hall–Kier alpha value is -1.39. The molecular weight excluding hydrogens is 204 g/mol. The first-order valence-corrected chi connectivity index (χ1v) is 5.41. The molecule has 1 aliphatic rings. The summed E-state index contributed by atoms with van der Waals surface area (Å²) in [6, 6.07) is 7.44. The second-order valence-electron chi connectivity index (χ2n) is 4.40. The summed E-state index contributed by atoms with van der Waals surface area (Å²) in [4.78, 5) is 11.8. The van der Waals surface area contributed by atoms with E-state index in [-0.39, 0.29) is 18.5 Å². The highest BCUT2D eigenvalue weighted by Crippen LogP contribution is 2.35. The predicted molar refractivity (Wildman–Crippen MR) is 62.1 cm³/mol. The molecule has 0 bridgehead atoms. The Bertz CT molecular complexity index is 417. The van der Waals surface area contributed by atoms with Gasteiger partial charge in [0.2, 0.25) is 0 Å². The number of fused-ring (bicyclic) bond motifs is 1. The first kappa shape index (κ1) is 11.1. The molecule has 0 aromatic heterocycles. The first-order valence-electron chi connectivity index (χ1n) is 5.41. The average molecular weight is 220 g/mol. The minimum absolute atomic E-state index is 0.226. The summed E-state index contributed by atoms with van der Waals surface area (Å²) < 4.78 is 0. The fourth-order valence-electron chi connectivity index (χ4n) is 1.83. The van der Waals surface area contributed by atoms with Crippen LogP contribution in [-0.4, -0.2) is 23.6 Å². The predicted octanol–water partition coefficient (Wildman–Crippen LogP) is 0.824. The van der Waals surface area contributed by atoms with Crippen molar-refractivity contribution in [3.05, 3.63) is 29.8 Å². The van der Waals surface area contributed by atoms with Crippen molar-refractivity contribution in [3.8, 4) is 0 Å². The van der Waals surface area contributed by atoms with Crippen molar-refractivity contribution in [2.24, 2.45) is 0 Å². The number of aliphatic hydroxyl groups is 1. The second kappa shape index (κ2) is 3.88. The van der Waals surface area contributed by atoms with Crippen molar-refractivity contribution in [1.29, 1.82) is 0 Å². The van der Waals surface area contributed by atoms with Gasteiger partial charge >= 0.3 is 0 Å². The summed E-state index contributed by atoms with van der Waals surface area (Å²) in [5, 5.41) is 16.2. The fraction of sp³-hybridized carbons (Fsp3) is 0.417. The largest absolute Gasteiger partial charge is 0.374 e. The molecule has 1 atom stereocenters. The van der Waals surface area contributed by atoms with E-state index in [1.807, 2.05) is 26.0 Å². The highest BCUT2D eigenvalue weighted by molar-refractivity contribution is 6.05. The lowest BCUT2D eigenvalue weighted by molar-refractivity contribution is -0.133. The van der Waals surface area contributed by atoms with Crippen LogP contribution in [0.5, 0.6) is 0 Å². The van der Waals surface area contributed by atoms with E-state index < -0.39 is 5.60 Å². The van der Waals surface area contributed by atoms with Gasteiger partial charge in [0.05, 0.1) is 0 Å². The second-order valence-corrected chi connectivity index (χ2v) is 4.40. The number of hydrogen-bond donors (Lipinski definition) is 3. The van der Waals surface area contributed by atoms with Gasteiger partial charge in [-0.25, -0.2) is 0 Å². The number of benzene rings is 1. The monoisotopic (exact) mass is 220 g/mol. The molecule has 1 aliphatic heterocycles. The van der Waals surface area contributed by atoms with Crippen LogP contribution in [0.3, 0.4) is 0 Å². The van der Waals surface area contributed by atoms with Crippen LogP contribution < -0.4 is 10.6 Å². The molecule has 0 spiro atoms. The van der Waals surface area contributed by atoms with Crippen LogP contribution in [0.1, 0.15) is 19.4 Å². The van der Waals surface area contributed by atoms with Crippen LogP contribution in [0.2, 0.25) is 0 Å². The van der Waals surface area contributed by atoms with E-state index in [0.717, 1.165) is 0 Å². The van der Waals surface area contributed by atoms with E-state index in [1.165, 1.54) is 0 Å². The molecule has 86 valence electrons. The number of amides is 1. The molecule has 3 N–H and O–H groups in total. The highest BCUT2D eigenvalue weighted by Gasteiger charge is 2.44. The van der Waals surface area contributed by atoms with Crippen molar-refractivity contribution < 1.29 is 9.90 Å². The molecule has 0 saturated heterocycles. The van der Waals surface area contributed by atoms with E-state index in [2.05, 4.69) is 10.6 Å². The van der Waals surface area contributed by atoms with Crippen LogP contribution in [0.25, 0.3) is 0 Å². The Balaban J connectivity index is 2.30. The summed E-state index contributed by atoms with van der Waals surface area (Å²) >= 11 is 0. The summed E-state index contributed by atoms with van der Waals surface area (Å²) in [6.07, 6.45) is 0. The topological polar surface area (TPSA) is 61.4 Å². The minimum Gasteiger partial charge on any atom is -0.374 e. The SMILES string of the molecule is CC(C)NCC1(O)C(=O)Nc2ccccc21. The molecule has 4 heteroatoms. The lowest BCUT2D eigenvalue weighted by atomic mass is 9.95. The Morgan fingerprint density at radius 2 is 2.12 bits per heavy atom. The van der Waals surface area contributed by atoms with Gasteiger partial charge < -0.3 is 15.7 Å². The molecule has 2 rings (SSSR count). The molecule has 0 saturated carbocycles. The maximum absolute atomic E-state index is 11.8. The normalized spacial score (nSPS) is 23.4. The van der Waals surface area contributed by atoms with Crippen molar-refractivity contribution >= 4 is 11.6 Å². The molecule has 0 fully saturated rings. The van der Waals surface area contributed by atoms with Gasteiger partial charge in [-0.3, -0.25) is 4.79 Å². The molecule has 1 unspecified atom stereocenters. The maximum atomic E-state index is 11.8. The van der Waals surface area contributed by atoms with Crippen LogP contribution in [0.15, 0.2) is 24.3 Å². The lowest BCUT2D eigenvalue weighted by Crippen LogP contribution is -2.45. The number of para-hydroxylation sites is 1. The number of anilines is 1. The van der Waals surface area contributed by atoms with Crippen molar-refractivity contribution in [3.63, 3.8) is 0 Å². The van der Waals surface area contributed by atoms with E-state index >= 15 is 0 Å². The molecule has 1 heterocycles. The smallest absolute Gasteiger partial charge is 0.262 e. The van der Waals surface area contributed by atoms with Gasteiger partial charge in [-0.1, -0.05) is 32.0 Å². The molecule has 4 nitrogen and oxygen atoms in total. The van der Waals surface area contributed by atoms with Crippen LogP contribution in [0, 0.1) is 0 Å². The maximum Gasteiger partial charge on any atom is 0.262 e. The van der Waals surface area contributed by atoms with Crippen molar-refractivity contribution in [1.82, 2.24) is 5.32 Å². The quantitative estimate of drug-likeness (QED) is 0.707. The Labute approximate surface area is 94.7 Å². The van der Waals surface area contributed by atoms with Gasteiger partial charge in [-0.15, -0.1) is 0 Å². The zero-order valence-corrected chi connectivity index (χ0v) is 9.45. The Morgan fingerprint density at radius 1 is 1.44 bits per heavy atom. The zero-order chi connectivity index (χ0) is 11.8. The standard InChI is InChI=1S/C12H16N2O2/c1-8(2)13-7-12(16)9-5-3-4-6-10(9)14-11(12)15/h3-6,8,13,16H,7H2,1-2H3,(H,14,15). The van der Waals surface area contributed by atoms with E-state index in [9.17, 15) is 9.90 Å². The van der Waals surface area contributed by atoms with Gasteiger partial charge in [0, 0.05) is 23.8 Å². The summed E-state index contributed by atoms with van der Waals surface area (Å²) in [5.74, 6) is -0.359. The number of hydrogen-bond acceptors (Lipinski definition) is 3.